The predicted octanol–water partition coefficient (Wildman–Crippen LogP) is 5.71. The van der Waals surface area contributed by atoms with Crippen LogP contribution in [0, 0.1) is 27.7 Å². The van der Waals surface area contributed by atoms with Crippen LogP contribution in [0.1, 0.15) is 28.1 Å². The first kappa shape index (κ1) is 27.2. The zero-order valence-corrected chi connectivity index (χ0v) is 23.2. The van der Waals surface area contributed by atoms with E-state index in [0.29, 0.717) is 0 Å². The highest BCUT2D eigenvalue weighted by Gasteiger charge is 2.28. The molecule has 7 nitrogen and oxygen atoms in total. The molecular weight excluding hydrogens is 520 g/mol. The van der Waals surface area contributed by atoms with Crippen LogP contribution in [0.2, 0.25) is 5.02 Å². The van der Waals surface area contributed by atoms with Crippen molar-refractivity contribution in [2.24, 2.45) is 5.10 Å². The summed E-state index contributed by atoms with van der Waals surface area (Å²) in [5.74, 6) is -0.608. The summed E-state index contributed by atoms with van der Waals surface area (Å²) in [4.78, 5) is 12.9. The van der Waals surface area contributed by atoms with Gasteiger partial charge in [0.1, 0.15) is 6.54 Å². The van der Waals surface area contributed by atoms with Crippen LogP contribution in [-0.2, 0) is 14.8 Å². The van der Waals surface area contributed by atoms with Gasteiger partial charge in [-0.2, -0.15) is 5.10 Å². The molecule has 0 aliphatic carbocycles. The Morgan fingerprint density at radius 2 is 1.63 bits per heavy atom. The van der Waals surface area contributed by atoms with Gasteiger partial charge in [-0.3, -0.25) is 9.10 Å². The molecule has 196 valence electrons. The van der Waals surface area contributed by atoms with E-state index in [-0.39, 0.29) is 15.6 Å². The van der Waals surface area contributed by atoms with E-state index in [9.17, 15) is 13.2 Å². The van der Waals surface area contributed by atoms with Gasteiger partial charge in [0.2, 0.25) is 0 Å². The summed E-state index contributed by atoms with van der Waals surface area (Å²) in [5.41, 5.74) is 8.96. The molecule has 0 radical (unpaired) electrons. The van der Waals surface area contributed by atoms with E-state index < -0.39 is 22.5 Å². The van der Waals surface area contributed by atoms with Crippen LogP contribution in [0.4, 0.5) is 5.69 Å². The van der Waals surface area contributed by atoms with Gasteiger partial charge in [-0.05, 0) is 81.3 Å². The second kappa shape index (κ2) is 11.2. The molecule has 38 heavy (non-hydrogen) atoms. The van der Waals surface area contributed by atoms with Crippen molar-refractivity contribution in [3.8, 4) is 5.69 Å². The van der Waals surface area contributed by atoms with Crippen LogP contribution in [-0.4, -0.2) is 31.7 Å². The van der Waals surface area contributed by atoms with E-state index in [4.69, 9.17) is 11.6 Å². The fourth-order valence-corrected chi connectivity index (χ4v) is 5.94. The third kappa shape index (κ3) is 5.66. The minimum atomic E-state index is -4.06. The summed E-state index contributed by atoms with van der Waals surface area (Å²) in [6.07, 6.45) is 1.56. The smallest absolute Gasteiger partial charge is 0.264 e. The number of hydrogen-bond acceptors (Lipinski definition) is 4. The Morgan fingerprint density at radius 3 is 2.32 bits per heavy atom. The molecule has 3 aromatic carbocycles. The highest BCUT2D eigenvalue weighted by atomic mass is 35.5. The summed E-state index contributed by atoms with van der Waals surface area (Å²) >= 11 is 6.31. The van der Waals surface area contributed by atoms with Crippen molar-refractivity contribution in [1.82, 2.24) is 9.99 Å². The SMILES string of the molecule is Cc1ccc(-n2c(C)cc(/C=N\NC(=O)CN(c3ccccc3Cl)S(=O)(=O)c3ccccc3)c2C)cc1C. The van der Waals surface area contributed by atoms with Gasteiger partial charge in [-0.1, -0.05) is 48.0 Å². The summed E-state index contributed by atoms with van der Waals surface area (Å²) < 4.78 is 30.0. The van der Waals surface area contributed by atoms with Crippen molar-refractivity contribution in [3.05, 3.63) is 112 Å². The standard InChI is InChI=1S/C29H29ClN4O3S/c1-20-14-15-25(16-21(20)2)34-22(3)17-24(23(34)4)18-31-32-29(35)19-33(28-13-9-8-12-27(28)30)38(36,37)26-10-6-5-7-11-26/h5-18H,19H2,1-4H3,(H,32,35)/b31-18-. The van der Waals surface area contributed by atoms with Crippen LogP contribution >= 0.6 is 11.6 Å². The Balaban J connectivity index is 1.56. The molecule has 0 aliphatic rings. The number of aromatic nitrogens is 1. The lowest BCUT2D eigenvalue weighted by molar-refractivity contribution is -0.119. The topological polar surface area (TPSA) is 83.8 Å². The number of hydrogen-bond donors (Lipinski definition) is 1. The quantitative estimate of drug-likeness (QED) is 0.226. The van der Waals surface area contributed by atoms with Gasteiger partial charge in [0, 0.05) is 22.6 Å². The molecule has 0 spiro atoms. The Hall–Kier alpha value is -3.88. The molecule has 0 atom stereocenters. The monoisotopic (exact) mass is 548 g/mol. The predicted molar refractivity (Wildman–Crippen MR) is 153 cm³/mol. The summed E-state index contributed by atoms with van der Waals surface area (Å²) in [7, 11) is -4.06. The molecule has 1 amide bonds. The van der Waals surface area contributed by atoms with Gasteiger partial charge in [0.15, 0.2) is 0 Å². The molecule has 4 rings (SSSR count). The molecule has 0 saturated heterocycles. The molecule has 0 aliphatic heterocycles. The molecule has 0 fully saturated rings. The Morgan fingerprint density at radius 1 is 0.947 bits per heavy atom. The number of rotatable bonds is 8. The normalized spacial score (nSPS) is 11.6. The number of carbonyl (C=O) groups is 1. The molecule has 0 saturated carbocycles. The first-order chi connectivity index (χ1) is 18.1. The van der Waals surface area contributed by atoms with Crippen LogP contribution in [0.15, 0.2) is 88.9 Å². The number of benzene rings is 3. The van der Waals surface area contributed by atoms with Gasteiger partial charge >= 0.3 is 0 Å². The van der Waals surface area contributed by atoms with Crippen molar-refractivity contribution < 1.29 is 13.2 Å². The molecule has 4 aromatic rings. The minimum Gasteiger partial charge on any atom is -0.318 e. The maximum Gasteiger partial charge on any atom is 0.264 e. The van der Waals surface area contributed by atoms with Gasteiger partial charge < -0.3 is 4.57 Å². The number of nitrogens with zero attached hydrogens (tertiary/aromatic N) is 3. The zero-order chi connectivity index (χ0) is 27.4. The largest absolute Gasteiger partial charge is 0.318 e. The number of sulfonamides is 1. The fraction of sp³-hybridized carbons (Fsp3) is 0.172. The van der Waals surface area contributed by atoms with E-state index in [2.05, 4.69) is 47.1 Å². The molecule has 1 aromatic heterocycles. The minimum absolute atomic E-state index is 0.0509. The van der Waals surface area contributed by atoms with Crippen molar-refractivity contribution in [2.75, 3.05) is 10.8 Å². The highest BCUT2D eigenvalue weighted by molar-refractivity contribution is 7.92. The number of hydrazone groups is 1. The van der Waals surface area contributed by atoms with E-state index in [1.807, 2.05) is 19.9 Å². The Kier molecular flexibility index (Phi) is 8.04. The van der Waals surface area contributed by atoms with E-state index >= 15 is 0 Å². The van der Waals surface area contributed by atoms with Gasteiger partial charge in [-0.15, -0.1) is 0 Å². The number of halogens is 1. The lowest BCUT2D eigenvalue weighted by Crippen LogP contribution is -2.39. The van der Waals surface area contributed by atoms with Crippen molar-refractivity contribution >= 4 is 39.4 Å². The maximum absolute atomic E-state index is 13.4. The van der Waals surface area contributed by atoms with Crippen molar-refractivity contribution in [2.45, 2.75) is 32.6 Å². The summed E-state index contributed by atoms with van der Waals surface area (Å²) in [6.45, 7) is 7.65. The van der Waals surface area contributed by atoms with Crippen LogP contribution in [0.3, 0.4) is 0 Å². The number of carbonyl (C=O) groups excluding carboxylic acids is 1. The van der Waals surface area contributed by atoms with E-state index in [0.717, 1.165) is 26.9 Å². The third-order valence-corrected chi connectivity index (χ3v) is 8.44. The first-order valence-electron chi connectivity index (χ1n) is 12.0. The van der Waals surface area contributed by atoms with Crippen molar-refractivity contribution in [3.63, 3.8) is 0 Å². The van der Waals surface area contributed by atoms with Gasteiger partial charge in [0.05, 0.1) is 21.8 Å². The first-order valence-corrected chi connectivity index (χ1v) is 13.8. The Bertz CT molecular complexity index is 1610. The lowest BCUT2D eigenvalue weighted by Gasteiger charge is -2.24. The zero-order valence-electron chi connectivity index (χ0n) is 21.6. The number of anilines is 1. The summed E-state index contributed by atoms with van der Waals surface area (Å²) in [5, 5.41) is 4.32. The number of aryl methyl sites for hydroxylation is 3. The molecule has 1 heterocycles. The molecular formula is C29H29ClN4O3S. The average Bonchev–Trinajstić information content (AvgIpc) is 3.18. The van der Waals surface area contributed by atoms with Gasteiger partial charge in [0.25, 0.3) is 15.9 Å². The van der Waals surface area contributed by atoms with Crippen molar-refractivity contribution in [1.29, 1.82) is 0 Å². The second-order valence-electron chi connectivity index (χ2n) is 9.00. The fourth-order valence-electron chi connectivity index (χ4n) is 4.19. The summed E-state index contributed by atoms with van der Waals surface area (Å²) in [6, 6.07) is 22.7. The van der Waals surface area contributed by atoms with Crippen LogP contribution in [0.25, 0.3) is 5.69 Å². The molecule has 1 N–H and O–H groups in total. The highest BCUT2D eigenvalue weighted by Crippen LogP contribution is 2.30. The third-order valence-electron chi connectivity index (χ3n) is 6.35. The molecule has 0 unspecified atom stereocenters. The number of para-hydroxylation sites is 1. The van der Waals surface area contributed by atoms with Gasteiger partial charge in [-0.25, -0.2) is 13.8 Å². The number of nitrogens with one attached hydrogen (secondary N) is 1. The average molecular weight is 549 g/mol. The van der Waals surface area contributed by atoms with E-state index in [1.54, 1.807) is 48.7 Å². The molecule has 0 bridgehead atoms. The second-order valence-corrected chi connectivity index (χ2v) is 11.3. The maximum atomic E-state index is 13.4. The molecule has 9 heteroatoms. The Labute approximate surface area is 228 Å². The van der Waals surface area contributed by atoms with Crippen LogP contribution < -0.4 is 9.73 Å². The number of amides is 1. The van der Waals surface area contributed by atoms with Crippen LogP contribution in [0.5, 0.6) is 0 Å². The van der Waals surface area contributed by atoms with E-state index in [1.165, 1.54) is 23.3 Å². The lowest BCUT2D eigenvalue weighted by atomic mass is 10.1.